The van der Waals surface area contributed by atoms with Crippen LogP contribution in [0.15, 0.2) is 46.0 Å². The molecule has 0 aliphatic heterocycles. The van der Waals surface area contributed by atoms with E-state index in [0.717, 1.165) is 0 Å². The molecule has 0 aliphatic carbocycles. The summed E-state index contributed by atoms with van der Waals surface area (Å²) in [6, 6.07) is 8.13. The Balaban J connectivity index is 2.38. The minimum atomic E-state index is -3.61. The van der Waals surface area contributed by atoms with Crippen molar-refractivity contribution in [3.05, 3.63) is 41.1 Å². The fourth-order valence-corrected chi connectivity index (χ4v) is 3.24. The van der Waals surface area contributed by atoms with E-state index >= 15 is 0 Å². The highest BCUT2D eigenvalue weighted by molar-refractivity contribution is 7.92. The van der Waals surface area contributed by atoms with E-state index in [1.165, 1.54) is 17.4 Å². The van der Waals surface area contributed by atoms with E-state index in [9.17, 15) is 8.42 Å². The van der Waals surface area contributed by atoms with Gasteiger partial charge in [-0.1, -0.05) is 12.1 Å². The van der Waals surface area contributed by atoms with Crippen LogP contribution < -0.4 is 16.0 Å². The number of nitrogens with two attached hydrogens (primary N) is 1. The SMILES string of the molecule is NNc1ccccc1S(=O)(=O)Nc1ccsc1. The zero-order chi connectivity index (χ0) is 12.3. The highest BCUT2D eigenvalue weighted by Gasteiger charge is 2.17. The van der Waals surface area contributed by atoms with Gasteiger partial charge in [-0.25, -0.2) is 8.42 Å². The Labute approximate surface area is 103 Å². The van der Waals surface area contributed by atoms with E-state index in [4.69, 9.17) is 5.84 Å². The molecule has 0 fully saturated rings. The second kappa shape index (κ2) is 4.74. The quantitative estimate of drug-likeness (QED) is 0.584. The number of hydrogen-bond acceptors (Lipinski definition) is 5. The zero-order valence-electron chi connectivity index (χ0n) is 8.75. The van der Waals surface area contributed by atoms with Crippen molar-refractivity contribution < 1.29 is 8.42 Å². The summed E-state index contributed by atoms with van der Waals surface area (Å²) in [4.78, 5) is 0.119. The van der Waals surface area contributed by atoms with Crippen LogP contribution in [-0.4, -0.2) is 8.42 Å². The van der Waals surface area contributed by atoms with E-state index in [0.29, 0.717) is 11.4 Å². The average molecular weight is 269 g/mol. The maximum absolute atomic E-state index is 12.1. The number of sulfonamides is 1. The molecular weight excluding hydrogens is 258 g/mol. The minimum absolute atomic E-state index is 0.119. The molecule has 0 amide bonds. The lowest BCUT2D eigenvalue weighted by Gasteiger charge is -2.10. The molecule has 0 bridgehead atoms. The van der Waals surface area contributed by atoms with Crippen molar-refractivity contribution in [2.24, 2.45) is 5.84 Å². The van der Waals surface area contributed by atoms with Crippen LogP contribution in [-0.2, 0) is 10.0 Å². The van der Waals surface area contributed by atoms with Crippen LogP contribution in [0, 0.1) is 0 Å². The van der Waals surface area contributed by atoms with Gasteiger partial charge in [0.1, 0.15) is 4.90 Å². The number of anilines is 2. The molecule has 0 unspecified atom stereocenters. The molecule has 0 saturated heterocycles. The molecular formula is C10H11N3O2S2. The van der Waals surface area contributed by atoms with Crippen LogP contribution in [0.4, 0.5) is 11.4 Å². The Kier molecular flexibility index (Phi) is 3.32. The lowest BCUT2D eigenvalue weighted by molar-refractivity contribution is 0.601. The number of hydrogen-bond donors (Lipinski definition) is 3. The molecule has 1 aromatic carbocycles. The van der Waals surface area contributed by atoms with Crippen molar-refractivity contribution in [3.63, 3.8) is 0 Å². The van der Waals surface area contributed by atoms with Gasteiger partial charge in [-0.3, -0.25) is 10.6 Å². The molecule has 0 saturated carbocycles. The molecule has 0 aliphatic rings. The largest absolute Gasteiger partial charge is 0.323 e. The Bertz CT molecular complexity index is 594. The van der Waals surface area contributed by atoms with Crippen molar-refractivity contribution in [3.8, 4) is 0 Å². The van der Waals surface area contributed by atoms with E-state index in [-0.39, 0.29) is 4.90 Å². The summed E-state index contributed by atoms with van der Waals surface area (Å²) in [5.74, 6) is 5.28. The molecule has 2 rings (SSSR count). The number of benzene rings is 1. The topological polar surface area (TPSA) is 84.2 Å². The predicted octanol–water partition coefficient (Wildman–Crippen LogP) is 1.83. The Morgan fingerprint density at radius 3 is 2.59 bits per heavy atom. The first-order valence-corrected chi connectivity index (χ1v) is 7.17. The molecule has 90 valence electrons. The third-order valence-corrected chi connectivity index (χ3v) is 4.23. The number of thiophene rings is 1. The van der Waals surface area contributed by atoms with Gasteiger partial charge < -0.3 is 5.43 Å². The molecule has 17 heavy (non-hydrogen) atoms. The first-order chi connectivity index (χ1) is 8.13. The summed E-state index contributed by atoms with van der Waals surface area (Å²) in [6.45, 7) is 0. The van der Waals surface area contributed by atoms with E-state index in [2.05, 4.69) is 10.1 Å². The molecule has 1 aromatic heterocycles. The van der Waals surface area contributed by atoms with Crippen LogP contribution in [0.1, 0.15) is 0 Å². The molecule has 5 nitrogen and oxygen atoms in total. The van der Waals surface area contributed by atoms with Crippen molar-refractivity contribution in [2.75, 3.05) is 10.1 Å². The molecule has 4 N–H and O–H groups in total. The first-order valence-electron chi connectivity index (χ1n) is 4.74. The normalized spacial score (nSPS) is 11.1. The Morgan fingerprint density at radius 2 is 1.94 bits per heavy atom. The monoisotopic (exact) mass is 269 g/mol. The van der Waals surface area contributed by atoms with E-state index in [1.54, 1.807) is 35.0 Å². The van der Waals surface area contributed by atoms with Gasteiger partial charge in [-0.2, -0.15) is 11.3 Å². The van der Waals surface area contributed by atoms with Crippen LogP contribution >= 0.6 is 11.3 Å². The second-order valence-corrected chi connectivity index (χ2v) is 5.69. The molecule has 0 atom stereocenters. The van der Waals surface area contributed by atoms with Gasteiger partial charge in [-0.15, -0.1) is 0 Å². The number of hydrazine groups is 1. The van der Waals surface area contributed by atoms with Gasteiger partial charge in [0.15, 0.2) is 0 Å². The third kappa shape index (κ3) is 2.57. The molecule has 0 spiro atoms. The van der Waals surface area contributed by atoms with Crippen molar-refractivity contribution in [1.29, 1.82) is 0 Å². The van der Waals surface area contributed by atoms with Gasteiger partial charge in [0.05, 0.1) is 11.4 Å². The number of para-hydroxylation sites is 1. The summed E-state index contributed by atoms with van der Waals surface area (Å²) >= 11 is 1.42. The van der Waals surface area contributed by atoms with E-state index in [1.807, 2.05) is 0 Å². The number of nitrogens with one attached hydrogen (secondary N) is 2. The van der Waals surface area contributed by atoms with Crippen molar-refractivity contribution in [2.45, 2.75) is 4.90 Å². The number of nitrogen functional groups attached to an aromatic ring is 1. The molecule has 1 heterocycles. The summed E-state index contributed by atoms with van der Waals surface area (Å²) in [6.07, 6.45) is 0. The molecule has 0 radical (unpaired) electrons. The average Bonchev–Trinajstić information content (AvgIpc) is 2.81. The lowest BCUT2D eigenvalue weighted by Crippen LogP contribution is -2.17. The fraction of sp³-hybridized carbons (Fsp3) is 0. The number of rotatable bonds is 4. The minimum Gasteiger partial charge on any atom is -0.323 e. The first kappa shape index (κ1) is 11.9. The van der Waals surface area contributed by atoms with Crippen molar-refractivity contribution in [1.82, 2.24) is 0 Å². The van der Waals surface area contributed by atoms with Gasteiger partial charge in [-0.05, 0) is 23.6 Å². The van der Waals surface area contributed by atoms with Crippen LogP contribution in [0.25, 0.3) is 0 Å². The van der Waals surface area contributed by atoms with E-state index < -0.39 is 10.0 Å². The van der Waals surface area contributed by atoms with Crippen molar-refractivity contribution >= 4 is 32.7 Å². The van der Waals surface area contributed by atoms with Crippen LogP contribution in [0.3, 0.4) is 0 Å². The highest BCUT2D eigenvalue weighted by atomic mass is 32.2. The Hall–Kier alpha value is -1.57. The summed E-state index contributed by atoms with van der Waals surface area (Å²) < 4.78 is 26.6. The second-order valence-electron chi connectivity index (χ2n) is 3.26. The standard InChI is InChI=1S/C10H11N3O2S2/c11-12-9-3-1-2-4-10(9)17(14,15)13-8-5-6-16-7-8/h1-7,12-13H,11H2. The van der Waals surface area contributed by atoms with Gasteiger partial charge in [0.25, 0.3) is 10.0 Å². The van der Waals surface area contributed by atoms with Gasteiger partial charge >= 0.3 is 0 Å². The van der Waals surface area contributed by atoms with Gasteiger partial charge in [0, 0.05) is 5.38 Å². The van der Waals surface area contributed by atoms with Gasteiger partial charge in [0.2, 0.25) is 0 Å². The summed E-state index contributed by atoms with van der Waals surface area (Å²) in [5.41, 5.74) is 3.26. The molecule has 2 aromatic rings. The van der Waals surface area contributed by atoms with Crippen LogP contribution in [0.2, 0.25) is 0 Å². The predicted molar refractivity (Wildman–Crippen MR) is 69.4 cm³/mol. The summed E-state index contributed by atoms with van der Waals surface area (Å²) in [5, 5.41) is 3.51. The maximum Gasteiger partial charge on any atom is 0.264 e. The maximum atomic E-state index is 12.1. The summed E-state index contributed by atoms with van der Waals surface area (Å²) in [7, 11) is -3.61. The highest BCUT2D eigenvalue weighted by Crippen LogP contribution is 2.23. The smallest absolute Gasteiger partial charge is 0.264 e. The lowest BCUT2D eigenvalue weighted by atomic mass is 10.3. The molecule has 7 heteroatoms. The Morgan fingerprint density at radius 1 is 1.18 bits per heavy atom. The third-order valence-electron chi connectivity index (χ3n) is 2.11. The zero-order valence-corrected chi connectivity index (χ0v) is 10.4. The fourth-order valence-electron chi connectivity index (χ4n) is 1.35. The van der Waals surface area contributed by atoms with Crippen LogP contribution in [0.5, 0.6) is 0 Å².